The Labute approximate surface area is 102 Å². The zero-order chi connectivity index (χ0) is 11.4. The molecule has 0 saturated carbocycles. The van der Waals surface area contributed by atoms with E-state index < -0.39 is 0 Å². The van der Waals surface area contributed by atoms with E-state index in [2.05, 4.69) is 34.4 Å². The molecule has 0 bridgehead atoms. The van der Waals surface area contributed by atoms with Gasteiger partial charge in [0.25, 0.3) is 0 Å². The Hall–Kier alpha value is -0.450. The van der Waals surface area contributed by atoms with Crippen molar-refractivity contribution in [2.45, 2.75) is 38.8 Å². The van der Waals surface area contributed by atoms with Crippen molar-refractivity contribution in [3.05, 3.63) is 16.6 Å². The normalized spacial score (nSPS) is 21.1. The Morgan fingerprint density at radius 2 is 2.31 bits per heavy atom. The molecule has 1 aliphatic rings. The van der Waals surface area contributed by atoms with Gasteiger partial charge in [0, 0.05) is 30.7 Å². The summed E-state index contributed by atoms with van der Waals surface area (Å²) >= 11 is 1.77. The maximum atomic E-state index is 4.41. The van der Waals surface area contributed by atoms with Crippen molar-refractivity contribution in [1.29, 1.82) is 0 Å². The van der Waals surface area contributed by atoms with Gasteiger partial charge in [-0.2, -0.15) is 0 Å². The van der Waals surface area contributed by atoms with Gasteiger partial charge in [-0.05, 0) is 26.3 Å². The maximum absolute atomic E-state index is 4.41. The monoisotopic (exact) mass is 239 g/mol. The molecule has 4 heteroatoms. The first-order valence-corrected chi connectivity index (χ1v) is 7.06. The van der Waals surface area contributed by atoms with Crippen molar-refractivity contribution in [2.75, 3.05) is 19.6 Å². The number of hydrogen-bond acceptors (Lipinski definition) is 4. The van der Waals surface area contributed by atoms with Crippen LogP contribution in [0.2, 0.25) is 0 Å². The molecule has 0 aliphatic carbocycles. The van der Waals surface area contributed by atoms with Gasteiger partial charge < -0.3 is 5.32 Å². The van der Waals surface area contributed by atoms with Crippen LogP contribution in [0.1, 0.15) is 37.7 Å². The number of likely N-dealkylation sites (tertiary alicyclic amines) is 1. The molecule has 0 amide bonds. The van der Waals surface area contributed by atoms with E-state index >= 15 is 0 Å². The van der Waals surface area contributed by atoms with Gasteiger partial charge >= 0.3 is 0 Å². The van der Waals surface area contributed by atoms with E-state index in [0.29, 0.717) is 6.04 Å². The fourth-order valence-electron chi connectivity index (χ4n) is 2.38. The van der Waals surface area contributed by atoms with Gasteiger partial charge in [0.2, 0.25) is 0 Å². The fraction of sp³-hybridized carbons (Fsp3) is 0.750. The lowest BCUT2D eigenvalue weighted by Gasteiger charge is -2.35. The number of rotatable bonds is 4. The quantitative estimate of drug-likeness (QED) is 0.873. The predicted octanol–water partition coefficient (Wildman–Crippen LogP) is 2.28. The summed E-state index contributed by atoms with van der Waals surface area (Å²) < 4.78 is 0. The third-order valence-corrected chi connectivity index (χ3v) is 4.32. The molecule has 16 heavy (non-hydrogen) atoms. The van der Waals surface area contributed by atoms with Crippen LogP contribution < -0.4 is 5.32 Å². The van der Waals surface area contributed by atoms with Crippen LogP contribution in [-0.2, 0) is 0 Å². The minimum Gasteiger partial charge on any atom is -0.314 e. The Morgan fingerprint density at radius 3 is 2.88 bits per heavy atom. The summed E-state index contributed by atoms with van der Waals surface area (Å²) in [5.74, 6) is 0. The Morgan fingerprint density at radius 1 is 1.56 bits per heavy atom. The Bertz CT molecular complexity index is 291. The SMILES string of the molecule is CCNC1CCN(C(C)c2nccs2)CC1. The van der Waals surface area contributed by atoms with Crippen LogP contribution >= 0.6 is 11.3 Å². The zero-order valence-electron chi connectivity index (χ0n) is 10.1. The molecule has 0 aromatic carbocycles. The largest absolute Gasteiger partial charge is 0.314 e. The van der Waals surface area contributed by atoms with Crippen molar-refractivity contribution >= 4 is 11.3 Å². The van der Waals surface area contributed by atoms with Crippen molar-refractivity contribution in [1.82, 2.24) is 15.2 Å². The number of thiazole rings is 1. The molecule has 0 spiro atoms. The van der Waals surface area contributed by atoms with Crippen LogP contribution in [0, 0.1) is 0 Å². The van der Waals surface area contributed by atoms with Gasteiger partial charge in [-0.3, -0.25) is 4.90 Å². The molecule has 1 N–H and O–H groups in total. The van der Waals surface area contributed by atoms with E-state index in [9.17, 15) is 0 Å². The number of hydrogen-bond donors (Lipinski definition) is 1. The van der Waals surface area contributed by atoms with Crippen LogP contribution in [0.5, 0.6) is 0 Å². The summed E-state index contributed by atoms with van der Waals surface area (Å²) in [7, 11) is 0. The standard InChI is InChI=1S/C12H21N3S/c1-3-13-11-4-7-15(8-5-11)10(2)12-14-6-9-16-12/h6,9-11,13H,3-5,7-8H2,1-2H3. The molecular formula is C12H21N3S. The van der Waals surface area contributed by atoms with E-state index in [0.717, 1.165) is 12.6 Å². The molecule has 2 rings (SSSR count). The molecule has 2 heterocycles. The molecule has 3 nitrogen and oxygen atoms in total. The smallest absolute Gasteiger partial charge is 0.109 e. The van der Waals surface area contributed by atoms with Gasteiger partial charge in [0.05, 0.1) is 6.04 Å². The van der Waals surface area contributed by atoms with Crippen LogP contribution in [-0.4, -0.2) is 35.6 Å². The van der Waals surface area contributed by atoms with Crippen molar-refractivity contribution in [3.63, 3.8) is 0 Å². The molecule has 1 aliphatic heterocycles. The minimum absolute atomic E-state index is 0.488. The first kappa shape index (κ1) is 12.0. The minimum atomic E-state index is 0.488. The summed E-state index contributed by atoms with van der Waals surface area (Å²) in [5, 5.41) is 6.86. The van der Waals surface area contributed by atoms with E-state index in [1.165, 1.54) is 30.9 Å². The number of piperidine rings is 1. The van der Waals surface area contributed by atoms with Gasteiger partial charge in [-0.15, -0.1) is 11.3 Å². The molecule has 90 valence electrons. The Balaban J connectivity index is 1.84. The van der Waals surface area contributed by atoms with Gasteiger partial charge in [-0.1, -0.05) is 6.92 Å². The second kappa shape index (κ2) is 5.75. The maximum Gasteiger partial charge on any atom is 0.109 e. The fourth-order valence-corrected chi connectivity index (χ4v) is 3.11. The van der Waals surface area contributed by atoms with Crippen LogP contribution in [0.4, 0.5) is 0 Å². The van der Waals surface area contributed by atoms with Crippen LogP contribution in [0.15, 0.2) is 11.6 Å². The highest BCUT2D eigenvalue weighted by molar-refractivity contribution is 7.09. The van der Waals surface area contributed by atoms with Crippen molar-refractivity contribution in [3.8, 4) is 0 Å². The average molecular weight is 239 g/mol. The lowest BCUT2D eigenvalue weighted by molar-refractivity contribution is 0.153. The van der Waals surface area contributed by atoms with E-state index in [1.54, 1.807) is 11.3 Å². The van der Waals surface area contributed by atoms with Crippen molar-refractivity contribution in [2.24, 2.45) is 0 Å². The molecule has 1 fully saturated rings. The third kappa shape index (κ3) is 2.81. The van der Waals surface area contributed by atoms with E-state index in [-0.39, 0.29) is 0 Å². The van der Waals surface area contributed by atoms with Gasteiger partial charge in [0.15, 0.2) is 0 Å². The predicted molar refractivity (Wildman–Crippen MR) is 68.8 cm³/mol. The second-order valence-electron chi connectivity index (χ2n) is 4.41. The number of nitrogens with zero attached hydrogens (tertiary/aromatic N) is 2. The summed E-state index contributed by atoms with van der Waals surface area (Å²) in [6, 6.07) is 1.22. The highest BCUT2D eigenvalue weighted by Gasteiger charge is 2.23. The molecule has 1 unspecified atom stereocenters. The third-order valence-electron chi connectivity index (χ3n) is 3.38. The highest BCUT2D eigenvalue weighted by atomic mass is 32.1. The zero-order valence-corrected chi connectivity index (χ0v) is 11.0. The summed E-state index contributed by atoms with van der Waals surface area (Å²) in [5.41, 5.74) is 0. The average Bonchev–Trinajstić information content (AvgIpc) is 2.83. The molecule has 1 atom stereocenters. The summed E-state index contributed by atoms with van der Waals surface area (Å²) in [6.07, 6.45) is 4.44. The van der Waals surface area contributed by atoms with Crippen molar-refractivity contribution < 1.29 is 0 Å². The highest BCUT2D eigenvalue weighted by Crippen LogP contribution is 2.25. The lowest BCUT2D eigenvalue weighted by Crippen LogP contribution is -2.43. The van der Waals surface area contributed by atoms with E-state index in [4.69, 9.17) is 0 Å². The van der Waals surface area contributed by atoms with Crippen LogP contribution in [0.25, 0.3) is 0 Å². The Kier molecular flexibility index (Phi) is 4.32. The van der Waals surface area contributed by atoms with E-state index in [1.807, 2.05) is 6.20 Å². The lowest BCUT2D eigenvalue weighted by atomic mass is 10.0. The first-order valence-electron chi connectivity index (χ1n) is 6.18. The van der Waals surface area contributed by atoms with Gasteiger partial charge in [-0.25, -0.2) is 4.98 Å². The topological polar surface area (TPSA) is 28.2 Å². The number of aromatic nitrogens is 1. The first-order chi connectivity index (χ1) is 7.81. The molecule has 1 saturated heterocycles. The summed E-state index contributed by atoms with van der Waals surface area (Å²) in [6.45, 7) is 7.93. The summed E-state index contributed by atoms with van der Waals surface area (Å²) in [4.78, 5) is 6.96. The van der Waals surface area contributed by atoms with Gasteiger partial charge in [0.1, 0.15) is 5.01 Å². The second-order valence-corrected chi connectivity index (χ2v) is 5.34. The van der Waals surface area contributed by atoms with Crippen LogP contribution in [0.3, 0.4) is 0 Å². The molecule has 0 radical (unpaired) electrons. The number of nitrogens with one attached hydrogen (secondary N) is 1. The molecule has 1 aromatic rings. The molecular weight excluding hydrogens is 218 g/mol. The molecule has 1 aromatic heterocycles.